The summed E-state index contributed by atoms with van der Waals surface area (Å²) in [7, 11) is 0. The van der Waals surface area contributed by atoms with E-state index in [-0.39, 0.29) is 25.7 Å². The van der Waals surface area contributed by atoms with Crippen LogP contribution >= 0.6 is 0 Å². The molecule has 0 aliphatic carbocycles. The molecule has 3 aromatic rings. The van der Waals surface area contributed by atoms with Crippen molar-refractivity contribution in [1.82, 2.24) is 29.7 Å². The second kappa shape index (κ2) is 10.5. The van der Waals surface area contributed by atoms with Gasteiger partial charge in [0.25, 0.3) is 0 Å². The Morgan fingerprint density at radius 2 is 2.15 bits per heavy atom. The highest BCUT2D eigenvalue weighted by atomic mass is 19.4. The molecule has 0 amide bonds. The van der Waals surface area contributed by atoms with Crippen LogP contribution in [0.25, 0.3) is 11.0 Å². The normalized spacial score (nSPS) is 16.9. The number of piperidine rings is 1. The summed E-state index contributed by atoms with van der Waals surface area (Å²) in [6.07, 6.45) is 1.03. The van der Waals surface area contributed by atoms with Crippen molar-refractivity contribution in [3.63, 3.8) is 0 Å². The van der Waals surface area contributed by atoms with E-state index in [4.69, 9.17) is 14.7 Å². The SMILES string of the molecule is CCc1nn(CCOCC(F)(F)F)c2c(Nc3ccncn3)nc(N3CCCC(CO)C3)nc12. The summed E-state index contributed by atoms with van der Waals surface area (Å²) < 4.78 is 43.8. The number of aryl methyl sites for hydroxylation is 1. The van der Waals surface area contributed by atoms with Crippen LogP contribution < -0.4 is 10.2 Å². The second-order valence-electron chi connectivity index (χ2n) is 8.12. The Balaban J connectivity index is 1.72. The van der Waals surface area contributed by atoms with Crippen molar-refractivity contribution < 1.29 is 23.0 Å². The van der Waals surface area contributed by atoms with Crippen molar-refractivity contribution in [3.8, 4) is 0 Å². The number of hydrogen-bond acceptors (Lipinski definition) is 9. The number of ether oxygens (including phenoxy) is 1. The molecule has 10 nitrogen and oxygen atoms in total. The lowest BCUT2D eigenvalue weighted by Crippen LogP contribution is -2.38. The second-order valence-corrected chi connectivity index (χ2v) is 8.12. The van der Waals surface area contributed by atoms with Gasteiger partial charge in [0.1, 0.15) is 29.8 Å². The van der Waals surface area contributed by atoms with Gasteiger partial charge in [-0.15, -0.1) is 0 Å². The number of aliphatic hydroxyl groups is 1. The molecule has 2 N–H and O–H groups in total. The van der Waals surface area contributed by atoms with E-state index in [1.165, 1.54) is 6.33 Å². The van der Waals surface area contributed by atoms with E-state index in [0.29, 0.717) is 47.3 Å². The zero-order valence-corrected chi connectivity index (χ0v) is 18.8. The van der Waals surface area contributed by atoms with Gasteiger partial charge in [-0.3, -0.25) is 4.68 Å². The number of halogens is 3. The van der Waals surface area contributed by atoms with Gasteiger partial charge in [-0.25, -0.2) is 15.0 Å². The number of anilines is 3. The highest BCUT2D eigenvalue weighted by molar-refractivity contribution is 5.90. The summed E-state index contributed by atoms with van der Waals surface area (Å²) in [6, 6.07) is 1.68. The summed E-state index contributed by atoms with van der Waals surface area (Å²) in [4.78, 5) is 19.7. The molecule has 4 rings (SSSR count). The van der Waals surface area contributed by atoms with Gasteiger partial charge in [0.2, 0.25) is 5.95 Å². The van der Waals surface area contributed by atoms with Crippen molar-refractivity contribution in [3.05, 3.63) is 24.3 Å². The standard InChI is InChI=1S/C21H27F3N8O2/c1-2-15-17-18(32(30-15)8-9-34-12-21(22,23)24)19(27-16-5-6-25-13-26-16)29-20(28-17)31-7-3-4-14(10-31)11-33/h5-6,13-14,33H,2-4,7-12H2,1H3,(H,25,26,27,28,29). The average molecular weight is 480 g/mol. The van der Waals surface area contributed by atoms with Crippen LogP contribution in [0.15, 0.2) is 18.6 Å². The van der Waals surface area contributed by atoms with Crippen molar-refractivity contribution in [2.24, 2.45) is 5.92 Å². The fourth-order valence-electron chi connectivity index (χ4n) is 3.98. The zero-order valence-electron chi connectivity index (χ0n) is 18.8. The first-order chi connectivity index (χ1) is 16.4. The van der Waals surface area contributed by atoms with Crippen molar-refractivity contribution in [1.29, 1.82) is 0 Å². The molecule has 1 aliphatic rings. The van der Waals surface area contributed by atoms with E-state index in [9.17, 15) is 18.3 Å². The van der Waals surface area contributed by atoms with Crippen LogP contribution in [0.4, 0.5) is 30.8 Å². The summed E-state index contributed by atoms with van der Waals surface area (Å²) in [5.74, 6) is 1.59. The molecule has 34 heavy (non-hydrogen) atoms. The van der Waals surface area contributed by atoms with Gasteiger partial charge >= 0.3 is 6.18 Å². The molecule has 0 radical (unpaired) electrons. The first-order valence-electron chi connectivity index (χ1n) is 11.2. The summed E-state index contributed by atoms with van der Waals surface area (Å²) in [5, 5.41) is 17.4. The lowest BCUT2D eigenvalue weighted by atomic mass is 9.99. The van der Waals surface area contributed by atoms with Crippen molar-refractivity contribution in [2.75, 3.05) is 43.1 Å². The first kappa shape index (κ1) is 24.1. The van der Waals surface area contributed by atoms with Gasteiger partial charge in [0.05, 0.1) is 18.8 Å². The third kappa shape index (κ3) is 5.70. The lowest BCUT2D eigenvalue weighted by Gasteiger charge is -2.32. The summed E-state index contributed by atoms with van der Waals surface area (Å²) in [5.41, 5.74) is 1.88. The smallest absolute Gasteiger partial charge is 0.396 e. The number of aliphatic hydroxyl groups excluding tert-OH is 1. The largest absolute Gasteiger partial charge is 0.411 e. The van der Waals surface area contributed by atoms with Crippen LogP contribution in [-0.2, 0) is 17.7 Å². The Bertz CT molecular complexity index is 1090. The Hall–Kier alpha value is -3.06. The quantitative estimate of drug-likeness (QED) is 0.446. The maximum Gasteiger partial charge on any atom is 0.411 e. The molecule has 13 heteroatoms. The van der Waals surface area contributed by atoms with E-state index >= 15 is 0 Å². The molecule has 4 heterocycles. The maximum absolute atomic E-state index is 12.5. The molecule has 0 aromatic carbocycles. The van der Waals surface area contributed by atoms with Gasteiger partial charge in [0, 0.05) is 25.9 Å². The van der Waals surface area contributed by atoms with E-state index < -0.39 is 12.8 Å². The fraction of sp³-hybridized carbons (Fsp3) is 0.571. The van der Waals surface area contributed by atoms with E-state index in [2.05, 4.69) is 20.4 Å². The van der Waals surface area contributed by atoms with E-state index in [1.807, 2.05) is 11.8 Å². The first-order valence-corrected chi connectivity index (χ1v) is 11.2. The monoisotopic (exact) mass is 480 g/mol. The predicted molar refractivity (Wildman–Crippen MR) is 119 cm³/mol. The Morgan fingerprint density at radius 3 is 2.85 bits per heavy atom. The number of fused-ring (bicyclic) bond motifs is 1. The molecule has 1 unspecified atom stereocenters. The number of hydrogen-bond donors (Lipinski definition) is 2. The molecule has 1 aliphatic heterocycles. The summed E-state index contributed by atoms with van der Waals surface area (Å²) >= 11 is 0. The molecule has 184 valence electrons. The van der Waals surface area contributed by atoms with Crippen molar-refractivity contribution in [2.45, 2.75) is 38.9 Å². The van der Waals surface area contributed by atoms with Gasteiger partial charge in [-0.05, 0) is 31.2 Å². The van der Waals surface area contributed by atoms with E-state index in [1.54, 1.807) is 16.9 Å². The van der Waals surface area contributed by atoms with Crippen LogP contribution in [0.3, 0.4) is 0 Å². The van der Waals surface area contributed by atoms with Gasteiger partial charge in [0.15, 0.2) is 5.82 Å². The predicted octanol–water partition coefficient (Wildman–Crippen LogP) is 2.71. The number of aromatic nitrogens is 6. The highest BCUT2D eigenvalue weighted by Crippen LogP contribution is 2.30. The van der Waals surface area contributed by atoms with Gasteiger partial charge < -0.3 is 20.1 Å². The summed E-state index contributed by atoms with van der Waals surface area (Å²) in [6.45, 7) is 2.05. The van der Waals surface area contributed by atoms with Crippen LogP contribution in [0.2, 0.25) is 0 Å². The molecular weight excluding hydrogens is 453 g/mol. The molecule has 3 aromatic heterocycles. The molecule has 0 saturated carbocycles. The molecule has 1 atom stereocenters. The fourth-order valence-corrected chi connectivity index (χ4v) is 3.98. The third-order valence-corrected chi connectivity index (χ3v) is 5.58. The highest BCUT2D eigenvalue weighted by Gasteiger charge is 2.28. The molecular formula is C21H27F3N8O2. The Kier molecular flexibility index (Phi) is 7.41. The molecule has 0 bridgehead atoms. The van der Waals surface area contributed by atoms with Crippen LogP contribution in [-0.4, -0.2) is 73.9 Å². The minimum Gasteiger partial charge on any atom is -0.396 e. The molecule has 0 spiro atoms. The van der Waals surface area contributed by atoms with Crippen molar-refractivity contribution >= 4 is 28.6 Å². The number of nitrogens with one attached hydrogen (secondary N) is 1. The van der Waals surface area contributed by atoms with Gasteiger partial charge in [-0.2, -0.15) is 23.3 Å². The Labute approximate surface area is 194 Å². The van der Waals surface area contributed by atoms with Crippen LogP contribution in [0, 0.1) is 5.92 Å². The van der Waals surface area contributed by atoms with Crippen LogP contribution in [0.1, 0.15) is 25.5 Å². The zero-order chi connectivity index (χ0) is 24.1. The van der Waals surface area contributed by atoms with E-state index in [0.717, 1.165) is 19.4 Å². The van der Waals surface area contributed by atoms with Crippen LogP contribution in [0.5, 0.6) is 0 Å². The topological polar surface area (TPSA) is 114 Å². The minimum absolute atomic E-state index is 0.0981. The minimum atomic E-state index is -4.39. The number of alkyl halides is 3. The third-order valence-electron chi connectivity index (χ3n) is 5.58. The number of rotatable bonds is 9. The van der Waals surface area contributed by atoms with Gasteiger partial charge in [-0.1, -0.05) is 6.92 Å². The average Bonchev–Trinajstić information content (AvgIpc) is 3.20. The maximum atomic E-state index is 12.5. The number of nitrogens with zero attached hydrogens (tertiary/aromatic N) is 7. The Morgan fingerprint density at radius 1 is 1.29 bits per heavy atom. The molecule has 1 saturated heterocycles. The molecule has 1 fully saturated rings. The lowest BCUT2D eigenvalue weighted by molar-refractivity contribution is -0.174.